The van der Waals surface area contributed by atoms with Crippen LogP contribution in [-0.2, 0) is 6.54 Å². The molecule has 0 radical (unpaired) electrons. The predicted octanol–water partition coefficient (Wildman–Crippen LogP) is 1.21. The molecule has 0 saturated heterocycles. The van der Waals surface area contributed by atoms with Gasteiger partial charge in [0, 0.05) is 6.54 Å². The number of rotatable bonds is 6. The molecular formula is C8H13N3OS. The van der Waals surface area contributed by atoms with Crippen LogP contribution in [0.15, 0.2) is 12.7 Å². The maximum absolute atomic E-state index is 5.32. The van der Waals surface area contributed by atoms with Gasteiger partial charge in [0.25, 0.3) is 5.19 Å². The highest BCUT2D eigenvalue weighted by Crippen LogP contribution is 2.17. The van der Waals surface area contributed by atoms with Crippen molar-refractivity contribution in [1.29, 1.82) is 0 Å². The van der Waals surface area contributed by atoms with Crippen LogP contribution >= 0.6 is 11.3 Å². The second-order valence-electron chi connectivity index (χ2n) is 2.42. The minimum absolute atomic E-state index is 0.623. The lowest BCUT2D eigenvalue weighted by molar-refractivity contribution is 0.320. The Balaban J connectivity index is 2.35. The highest BCUT2D eigenvalue weighted by molar-refractivity contribution is 7.13. The first kappa shape index (κ1) is 10.1. The van der Waals surface area contributed by atoms with Crippen molar-refractivity contribution in [2.45, 2.75) is 13.0 Å². The normalized spacial score (nSPS) is 9.92. The van der Waals surface area contributed by atoms with Crippen molar-refractivity contribution in [1.82, 2.24) is 15.5 Å². The number of hydrogen-bond acceptors (Lipinski definition) is 5. The molecule has 0 fully saturated rings. The molecule has 0 atom stereocenters. The first-order valence-corrected chi connectivity index (χ1v) is 4.89. The molecule has 0 saturated carbocycles. The van der Waals surface area contributed by atoms with Crippen LogP contribution in [0.3, 0.4) is 0 Å². The Labute approximate surface area is 81.6 Å². The largest absolute Gasteiger partial charge is 0.469 e. The van der Waals surface area contributed by atoms with Crippen LogP contribution in [0.25, 0.3) is 0 Å². The molecule has 72 valence electrons. The van der Waals surface area contributed by atoms with E-state index in [-0.39, 0.29) is 0 Å². The minimum Gasteiger partial charge on any atom is -0.469 e. The van der Waals surface area contributed by atoms with Crippen LogP contribution in [-0.4, -0.2) is 23.9 Å². The molecule has 0 aliphatic heterocycles. The zero-order chi connectivity index (χ0) is 9.52. The number of aromatic nitrogens is 2. The molecule has 4 nitrogen and oxygen atoms in total. The molecule has 5 heteroatoms. The Morgan fingerprint density at radius 1 is 1.62 bits per heavy atom. The zero-order valence-corrected chi connectivity index (χ0v) is 8.43. The molecule has 0 aromatic carbocycles. The van der Waals surface area contributed by atoms with Crippen molar-refractivity contribution in [3.05, 3.63) is 17.7 Å². The Morgan fingerprint density at radius 3 is 3.15 bits per heavy atom. The van der Waals surface area contributed by atoms with Gasteiger partial charge in [0.2, 0.25) is 0 Å². The van der Waals surface area contributed by atoms with Crippen LogP contribution in [0.2, 0.25) is 0 Å². The molecule has 1 aromatic heterocycles. The molecule has 13 heavy (non-hydrogen) atoms. The molecule has 0 bridgehead atoms. The van der Waals surface area contributed by atoms with Crippen molar-refractivity contribution in [2.24, 2.45) is 0 Å². The van der Waals surface area contributed by atoms with E-state index in [4.69, 9.17) is 4.74 Å². The highest BCUT2D eigenvalue weighted by Gasteiger charge is 2.02. The van der Waals surface area contributed by atoms with Gasteiger partial charge in [-0.05, 0) is 13.5 Å². The number of nitrogens with zero attached hydrogens (tertiary/aromatic N) is 2. The fraction of sp³-hybridized carbons (Fsp3) is 0.500. The summed E-state index contributed by atoms with van der Waals surface area (Å²) in [6.07, 6.45) is 2.65. The van der Waals surface area contributed by atoms with Gasteiger partial charge in [0.15, 0.2) is 0 Å². The van der Waals surface area contributed by atoms with E-state index in [0.717, 1.165) is 18.0 Å². The molecule has 1 heterocycles. The smallest absolute Gasteiger partial charge is 0.294 e. The summed E-state index contributed by atoms with van der Waals surface area (Å²) in [5.74, 6) is 0. The Kier molecular flexibility index (Phi) is 4.42. The molecule has 1 aromatic rings. The number of ether oxygens (including phenoxy) is 1. The first-order chi connectivity index (χ1) is 6.36. The SMILES string of the molecule is C=CCCOc1nnc(CNC)s1. The maximum atomic E-state index is 5.32. The minimum atomic E-state index is 0.623. The molecule has 0 unspecified atom stereocenters. The lowest BCUT2D eigenvalue weighted by atomic mass is 10.5. The average Bonchev–Trinajstić information content (AvgIpc) is 2.54. The molecule has 0 spiro atoms. The Morgan fingerprint density at radius 2 is 2.46 bits per heavy atom. The van der Waals surface area contributed by atoms with Gasteiger partial charge < -0.3 is 10.1 Å². The van der Waals surface area contributed by atoms with Crippen LogP contribution < -0.4 is 10.1 Å². The molecule has 0 aliphatic rings. The zero-order valence-electron chi connectivity index (χ0n) is 7.62. The van der Waals surface area contributed by atoms with Gasteiger partial charge in [0.1, 0.15) is 5.01 Å². The standard InChI is InChI=1S/C8H13N3OS/c1-3-4-5-12-8-11-10-7(13-8)6-9-2/h3,9H,1,4-6H2,2H3. The summed E-state index contributed by atoms with van der Waals surface area (Å²) in [5, 5.41) is 12.4. The summed E-state index contributed by atoms with van der Waals surface area (Å²) in [5.41, 5.74) is 0. The quantitative estimate of drug-likeness (QED) is 0.552. The monoisotopic (exact) mass is 199 g/mol. The second-order valence-corrected chi connectivity index (χ2v) is 3.44. The van der Waals surface area contributed by atoms with Crippen LogP contribution in [0.5, 0.6) is 5.19 Å². The van der Waals surface area contributed by atoms with Crippen molar-refractivity contribution in [3.63, 3.8) is 0 Å². The molecule has 1 N–H and O–H groups in total. The van der Waals surface area contributed by atoms with E-state index < -0.39 is 0 Å². The van der Waals surface area contributed by atoms with Gasteiger partial charge in [-0.1, -0.05) is 17.4 Å². The van der Waals surface area contributed by atoms with Crippen molar-refractivity contribution < 1.29 is 4.74 Å². The van der Waals surface area contributed by atoms with E-state index in [0.29, 0.717) is 11.8 Å². The van der Waals surface area contributed by atoms with Crippen LogP contribution in [0.1, 0.15) is 11.4 Å². The van der Waals surface area contributed by atoms with Crippen LogP contribution in [0.4, 0.5) is 0 Å². The maximum Gasteiger partial charge on any atom is 0.294 e. The summed E-state index contributed by atoms with van der Waals surface area (Å²) >= 11 is 1.47. The number of hydrogen-bond donors (Lipinski definition) is 1. The van der Waals surface area contributed by atoms with Gasteiger partial charge in [-0.2, -0.15) is 0 Å². The number of nitrogens with one attached hydrogen (secondary N) is 1. The molecule has 1 rings (SSSR count). The fourth-order valence-electron chi connectivity index (χ4n) is 0.749. The Bertz CT molecular complexity index is 262. The van der Waals surface area contributed by atoms with E-state index in [1.807, 2.05) is 13.1 Å². The summed E-state index contributed by atoms with van der Waals surface area (Å²) in [7, 11) is 1.87. The van der Waals surface area contributed by atoms with Crippen molar-refractivity contribution >= 4 is 11.3 Å². The lowest BCUT2D eigenvalue weighted by Crippen LogP contribution is -2.04. The van der Waals surface area contributed by atoms with Gasteiger partial charge >= 0.3 is 0 Å². The topological polar surface area (TPSA) is 47.0 Å². The van der Waals surface area contributed by atoms with E-state index in [1.165, 1.54) is 11.3 Å². The molecular weight excluding hydrogens is 186 g/mol. The first-order valence-electron chi connectivity index (χ1n) is 4.07. The van der Waals surface area contributed by atoms with E-state index in [9.17, 15) is 0 Å². The third-order valence-electron chi connectivity index (χ3n) is 1.32. The van der Waals surface area contributed by atoms with E-state index in [2.05, 4.69) is 22.1 Å². The predicted molar refractivity (Wildman–Crippen MR) is 53.0 cm³/mol. The van der Waals surface area contributed by atoms with Gasteiger partial charge in [-0.3, -0.25) is 0 Å². The van der Waals surface area contributed by atoms with E-state index in [1.54, 1.807) is 0 Å². The summed E-state index contributed by atoms with van der Waals surface area (Å²) < 4.78 is 5.32. The average molecular weight is 199 g/mol. The van der Waals surface area contributed by atoms with Gasteiger partial charge in [0.05, 0.1) is 6.61 Å². The molecule has 0 amide bonds. The summed E-state index contributed by atoms with van der Waals surface area (Å²) in [6, 6.07) is 0. The third kappa shape index (κ3) is 3.52. The van der Waals surface area contributed by atoms with Gasteiger partial charge in [-0.25, -0.2) is 0 Å². The van der Waals surface area contributed by atoms with Crippen LogP contribution in [0, 0.1) is 0 Å². The fourth-order valence-corrected chi connectivity index (χ4v) is 1.47. The molecule has 0 aliphatic carbocycles. The second kappa shape index (κ2) is 5.66. The summed E-state index contributed by atoms with van der Waals surface area (Å²) in [4.78, 5) is 0. The highest BCUT2D eigenvalue weighted by atomic mass is 32.1. The summed E-state index contributed by atoms with van der Waals surface area (Å²) in [6.45, 7) is 4.97. The Hall–Kier alpha value is -0.940. The van der Waals surface area contributed by atoms with Gasteiger partial charge in [-0.15, -0.1) is 16.8 Å². The lowest BCUT2D eigenvalue weighted by Gasteiger charge is -1.96. The van der Waals surface area contributed by atoms with Crippen molar-refractivity contribution in [2.75, 3.05) is 13.7 Å². The van der Waals surface area contributed by atoms with E-state index >= 15 is 0 Å². The van der Waals surface area contributed by atoms with Crippen molar-refractivity contribution in [3.8, 4) is 5.19 Å². The third-order valence-corrected chi connectivity index (χ3v) is 2.16.